The van der Waals surface area contributed by atoms with Crippen LogP contribution >= 0.6 is 0 Å². The zero-order chi connectivity index (χ0) is 8.06. The monoisotopic (exact) mass is 151 g/mol. The van der Waals surface area contributed by atoms with Crippen molar-refractivity contribution in [3.63, 3.8) is 0 Å². The molecule has 2 rings (SSSR count). The lowest BCUT2D eigenvalue weighted by molar-refractivity contribution is 0.672. The van der Waals surface area contributed by atoms with Gasteiger partial charge in [-0.3, -0.25) is 5.10 Å². The van der Waals surface area contributed by atoms with Gasteiger partial charge in [0.05, 0.1) is 0 Å². The first-order valence-electron chi connectivity index (χ1n) is 3.94. The number of aromatic nitrogens is 2. The van der Waals surface area contributed by atoms with E-state index in [1.165, 1.54) is 12.1 Å². The molecule has 11 heavy (non-hydrogen) atoms. The summed E-state index contributed by atoms with van der Waals surface area (Å²) in [5.41, 5.74) is 7.01. The van der Waals surface area contributed by atoms with Crippen molar-refractivity contribution in [2.24, 2.45) is 5.92 Å². The van der Waals surface area contributed by atoms with Gasteiger partial charge in [0.25, 0.3) is 0 Å². The largest absolute Gasteiger partial charge is 0.382 e. The van der Waals surface area contributed by atoms with E-state index in [1.807, 2.05) is 6.07 Å². The van der Waals surface area contributed by atoms with Crippen LogP contribution in [0.1, 0.15) is 26.0 Å². The number of nitrogens with two attached hydrogens (primary N) is 1. The standard InChI is InChI=1S/C8H13N3/c1-5-4-8(5,2)6-3-7(9)11-10-6/h3,5H,4H2,1-2H3,(H3,9,10,11). The Kier molecular flexibility index (Phi) is 1.09. The predicted octanol–water partition coefficient (Wildman–Crippen LogP) is 1.29. The average Bonchev–Trinajstić information content (AvgIpc) is 2.44. The Morgan fingerprint density at radius 2 is 2.45 bits per heavy atom. The number of nitrogens with zero attached hydrogens (tertiary/aromatic N) is 1. The van der Waals surface area contributed by atoms with Gasteiger partial charge in [0.15, 0.2) is 0 Å². The zero-order valence-electron chi connectivity index (χ0n) is 6.89. The van der Waals surface area contributed by atoms with Crippen molar-refractivity contribution in [1.82, 2.24) is 10.2 Å². The summed E-state index contributed by atoms with van der Waals surface area (Å²) < 4.78 is 0. The van der Waals surface area contributed by atoms with Crippen molar-refractivity contribution in [2.45, 2.75) is 25.7 Å². The fraction of sp³-hybridized carbons (Fsp3) is 0.625. The van der Waals surface area contributed by atoms with Gasteiger partial charge in [-0.25, -0.2) is 0 Å². The third-order valence-corrected chi connectivity index (χ3v) is 2.87. The molecule has 0 bridgehead atoms. The lowest BCUT2D eigenvalue weighted by Crippen LogP contribution is -2.03. The summed E-state index contributed by atoms with van der Waals surface area (Å²) in [7, 11) is 0. The molecular weight excluding hydrogens is 138 g/mol. The van der Waals surface area contributed by atoms with Crippen LogP contribution in [0.5, 0.6) is 0 Å². The predicted molar refractivity (Wildman–Crippen MR) is 44.1 cm³/mol. The molecule has 0 aliphatic heterocycles. The molecular formula is C8H13N3. The molecule has 2 unspecified atom stereocenters. The lowest BCUT2D eigenvalue weighted by atomic mass is 10.0. The highest BCUT2D eigenvalue weighted by Crippen LogP contribution is 2.52. The number of nitrogens with one attached hydrogen (secondary N) is 1. The molecule has 1 saturated carbocycles. The first-order chi connectivity index (χ1) is 5.13. The molecule has 1 aliphatic rings. The van der Waals surface area contributed by atoms with Gasteiger partial charge in [-0.05, 0) is 12.3 Å². The van der Waals surface area contributed by atoms with Gasteiger partial charge in [0, 0.05) is 17.2 Å². The van der Waals surface area contributed by atoms with E-state index in [-0.39, 0.29) is 0 Å². The fourth-order valence-corrected chi connectivity index (χ4v) is 1.58. The molecule has 3 heteroatoms. The number of rotatable bonds is 1. The van der Waals surface area contributed by atoms with Crippen LogP contribution in [0, 0.1) is 5.92 Å². The summed E-state index contributed by atoms with van der Waals surface area (Å²) in [6, 6.07) is 1.93. The molecule has 0 radical (unpaired) electrons. The van der Waals surface area contributed by atoms with Gasteiger partial charge in [-0.1, -0.05) is 13.8 Å². The third-order valence-electron chi connectivity index (χ3n) is 2.87. The first kappa shape index (κ1) is 6.70. The number of aromatic amines is 1. The summed E-state index contributed by atoms with van der Waals surface area (Å²) in [6.07, 6.45) is 1.24. The smallest absolute Gasteiger partial charge is 0.145 e. The second kappa shape index (κ2) is 1.78. The molecule has 60 valence electrons. The van der Waals surface area contributed by atoms with Crippen LogP contribution in [0.15, 0.2) is 6.07 Å². The van der Waals surface area contributed by atoms with E-state index < -0.39 is 0 Å². The van der Waals surface area contributed by atoms with Gasteiger partial charge in [0.1, 0.15) is 5.82 Å². The number of nitrogen functional groups attached to an aromatic ring is 1. The van der Waals surface area contributed by atoms with E-state index in [1.54, 1.807) is 0 Å². The molecule has 3 N–H and O–H groups in total. The molecule has 1 heterocycles. The number of hydrogen-bond donors (Lipinski definition) is 2. The SMILES string of the molecule is CC1CC1(C)c1cc(N)n[nH]1. The van der Waals surface area contributed by atoms with E-state index in [0.29, 0.717) is 11.2 Å². The Morgan fingerprint density at radius 3 is 2.82 bits per heavy atom. The van der Waals surface area contributed by atoms with Crippen molar-refractivity contribution < 1.29 is 0 Å². The molecule has 1 aromatic rings. The molecule has 0 amide bonds. The van der Waals surface area contributed by atoms with Crippen molar-refractivity contribution in [3.8, 4) is 0 Å². The maximum atomic E-state index is 5.51. The summed E-state index contributed by atoms with van der Waals surface area (Å²) in [6.45, 7) is 4.49. The number of anilines is 1. The maximum Gasteiger partial charge on any atom is 0.145 e. The molecule has 1 fully saturated rings. The van der Waals surface area contributed by atoms with Gasteiger partial charge in [0.2, 0.25) is 0 Å². The Labute approximate surface area is 66.0 Å². The first-order valence-corrected chi connectivity index (χ1v) is 3.94. The molecule has 0 saturated heterocycles. The second-order valence-corrected chi connectivity index (χ2v) is 3.73. The van der Waals surface area contributed by atoms with Crippen molar-refractivity contribution in [3.05, 3.63) is 11.8 Å². The van der Waals surface area contributed by atoms with Crippen LogP contribution in [0.2, 0.25) is 0 Å². The van der Waals surface area contributed by atoms with Crippen LogP contribution in [-0.2, 0) is 5.41 Å². The van der Waals surface area contributed by atoms with Crippen LogP contribution in [0.25, 0.3) is 0 Å². The van der Waals surface area contributed by atoms with E-state index in [2.05, 4.69) is 24.0 Å². The van der Waals surface area contributed by atoms with Gasteiger partial charge < -0.3 is 5.73 Å². The molecule has 1 aliphatic carbocycles. The van der Waals surface area contributed by atoms with Crippen LogP contribution < -0.4 is 5.73 Å². The zero-order valence-corrected chi connectivity index (χ0v) is 6.89. The Morgan fingerprint density at radius 1 is 1.82 bits per heavy atom. The number of H-pyrrole nitrogens is 1. The van der Waals surface area contributed by atoms with Gasteiger partial charge >= 0.3 is 0 Å². The molecule has 0 aromatic carbocycles. The van der Waals surface area contributed by atoms with E-state index in [0.717, 1.165) is 5.92 Å². The van der Waals surface area contributed by atoms with Crippen LogP contribution in [-0.4, -0.2) is 10.2 Å². The minimum atomic E-state index is 0.324. The molecule has 2 atom stereocenters. The van der Waals surface area contributed by atoms with Gasteiger partial charge in [-0.2, -0.15) is 5.10 Å². The third kappa shape index (κ3) is 0.836. The van der Waals surface area contributed by atoms with E-state index in [9.17, 15) is 0 Å². The highest BCUT2D eigenvalue weighted by Gasteiger charge is 2.49. The Hall–Kier alpha value is -0.990. The fourth-order valence-electron chi connectivity index (χ4n) is 1.58. The molecule has 1 aromatic heterocycles. The maximum absolute atomic E-state index is 5.51. The average molecular weight is 151 g/mol. The highest BCUT2D eigenvalue weighted by atomic mass is 15.2. The quantitative estimate of drug-likeness (QED) is 0.635. The van der Waals surface area contributed by atoms with Gasteiger partial charge in [-0.15, -0.1) is 0 Å². The topological polar surface area (TPSA) is 54.7 Å². The summed E-state index contributed by atoms with van der Waals surface area (Å²) >= 11 is 0. The Balaban J connectivity index is 2.31. The minimum absolute atomic E-state index is 0.324. The van der Waals surface area contributed by atoms with E-state index in [4.69, 9.17) is 5.73 Å². The van der Waals surface area contributed by atoms with Crippen molar-refractivity contribution in [2.75, 3.05) is 5.73 Å². The summed E-state index contributed by atoms with van der Waals surface area (Å²) in [5, 5.41) is 6.87. The highest BCUT2D eigenvalue weighted by molar-refractivity contribution is 5.35. The van der Waals surface area contributed by atoms with Crippen LogP contribution in [0.3, 0.4) is 0 Å². The van der Waals surface area contributed by atoms with E-state index >= 15 is 0 Å². The van der Waals surface area contributed by atoms with Crippen molar-refractivity contribution in [1.29, 1.82) is 0 Å². The Bertz CT molecular complexity index is 279. The normalized spacial score (nSPS) is 35.6. The lowest BCUT2D eigenvalue weighted by Gasteiger charge is -2.04. The summed E-state index contributed by atoms with van der Waals surface area (Å²) in [5.74, 6) is 1.36. The van der Waals surface area contributed by atoms with Crippen molar-refractivity contribution >= 4 is 5.82 Å². The summed E-state index contributed by atoms with van der Waals surface area (Å²) in [4.78, 5) is 0. The molecule has 0 spiro atoms. The number of hydrogen-bond acceptors (Lipinski definition) is 2. The second-order valence-electron chi connectivity index (χ2n) is 3.73. The minimum Gasteiger partial charge on any atom is -0.382 e. The molecule has 3 nitrogen and oxygen atoms in total. The van der Waals surface area contributed by atoms with Crippen LogP contribution in [0.4, 0.5) is 5.82 Å².